The fourth-order valence-electron chi connectivity index (χ4n) is 1.56. The van der Waals surface area contributed by atoms with Gasteiger partial charge in [-0.2, -0.15) is 0 Å². The van der Waals surface area contributed by atoms with E-state index in [2.05, 4.69) is 21.1 Å². The maximum atomic E-state index is 8.63. The third-order valence-corrected chi connectivity index (χ3v) is 3.22. The van der Waals surface area contributed by atoms with Gasteiger partial charge in [0.2, 0.25) is 0 Å². The second-order valence-electron chi connectivity index (χ2n) is 3.84. The van der Waals surface area contributed by atoms with E-state index in [-0.39, 0.29) is 0 Å². The Morgan fingerprint density at radius 1 is 1.21 bits per heavy atom. The molecule has 0 aliphatic carbocycles. The Morgan fingerprint density at radius 2 is 1.95 bits per heavy atom. The zero-order valence-electron chi connectivity index (χ0n) is 9.88. The highest BCUT2D eigenvalue weighted by atomic mass is 79.9. The molecule has 0 atom stereocenters. The third-order valence-electron chi connectivity index (χ3n) is 2.48. The molecular formula is C14H11BrClNO2. The summed E-state index contributed by atoms with van der Waals surface area (Å²) in [4.78, 5) is 0. The quantitative estimate of drug-likeness (QED) is 0.506. The molecule has 2 aromatic carbocycles. The molecule has 2 aromatic rings. The Kier molecular flexibility index (Phi) is 4.82. The van der Waals surface area contributed by atoms with Gasteiger partial charge in [0.25, 0.3) is 0 Å². The van der Waals surface area contributed by atoms with Crippen molar-refractivity contribution in [3.63, 3.8) is 0 Å². The van der Waals surface area contributed by atoms with Crippen LogP contribution < -0.4 is 4.74 Å². The second kappa shape index (κ2) is 6.59. The van der Waals surface area contributed by atoms with E-state index in [1.165, 1.54) is 6.21 Å². The van der Waals surface area contributed by atoms with Crippen LogP contribution in [0.5, 0.6) is 5.75 Å². The molecule has 1 N–H and O–H groups in total. The van der Waals surface area contributed by atoms with Crippen LogP contribution in [0.25, 0.3) is 0 Å². The molecule has 0 aliphatic rings. The van der Waals surface area contributed by atoms with Gasteiger partial charge < -0.3 is 9.94 Å². The van der Waals surface area contributed by atoms with Crippen molar-refractivity contribution < 1.29 is 9.94 Å². The van der Waals surface area contributed by atoms with E-state index < -0.39 is 0 Å². The Hall–Kier alpha value is -1.52. The number of hydrogen-bond donors (Lipinski definition) is 1. The van der Waals surface area contributed by atoms with Gasteiger partial charge >= 0.3 is 0 Å². The molecule has 0 amide bonds. The third kappa shape index (κ3) is 3.98. The van der Waals surface area contributed by atoms with Crippen LogP contribution in [-0.4, -0.2) is 11.4 Å². The first-order valence-corrected chi connectivity index (χ1v) is 6.70. The molecule has 3 nitrogen and oxygen atoms in total. The molecule has 0 radical (unpaired) electrons. The smallest absolute Gasteiger partial charge is 0.128 e. The Morgan fingerprint density at radius 3 is 2.63 bits per heavy atom. The van der Waals surface area contributed by atoms with Crippen molar-refractivity contribution in [2.75, 3.05) is 0 Å². The fourth-order valence-corrected chi connectivity index (χ4v) is 2.06. The first-order chi connectivity index (χ1) is 9.19. The number of ether oxygens (including phenoxy) is 1. The number of halogens is 2. The van der Waals surface area contributed by atoms with Crippen LogP contribution in [0.1, 0.15) is 11.1 Å². The predicted molar refractivity (Wildman–Crippen MR) is 79.3 cm³/mol. The van der Waals surface area contributed by atoms with Crippen LogP contribution in [0.2, 0.25) is 5.02 Å². The summed E-state index contributed by atoms with van der Waals surface area (Å²) >= 11 is 9.18. The minimum atomic E-state index is 0.422. The lowest BCUT2D eigenvalue weighted by atomic mass is 10.2. The first kappa shape index (κ1) is 13.9. The van der Waals surface area contributed by atoms with Gasteiger partial charge in [-0.05, 0) is 35.9 Å². The normalized spacial score (nSPS) is 10.8. The maximum absolute atomic E-state index is 8.63. The maximum Gasteiger partial charge on any atom is 0.128 e. The average molecular weight is 341 g/mol. The topological polar surface area (TPSA) is 41.8 Å². The second-order valence-corrected chi connectivity index (χ2v) is 5.19. The molecule has 0 saturated carbocycles. The summed E-state index contributed by atoms with van der Waals surface area (Å²) in [5, 5.41) is 12.4. The van der Waals surface area contributed by atoms with Crippen molar-refractivity contribution in [3.8, 4) is 5.75 Å². The van der Waals surface area contributed by atoms with Crippen molar-refractivity contribution in [3.05, 3.63) is 63.1 Å². The van der Waals surface area contributed by atoms with Gasteiger partial charge in [-0.15, -0.1) is 0 Å². The van der Waals surface area contributed by atoms with Gasteiger partial charge in [-0.3, -0.25) is 0 Å². The summed E-state index contributed by atoms with van der Waals surface area (Å²) in [5.74, 6) is 0.649. The molecule has 0 fully saturated rings. The fraction of sp³-hybridized carbons (Fsp3) is 0.0714. The molecule has 0 spiro atoms. The van der Waals surface area contributed by atoms with Crippen molar-refractivity contribution in [1.29, 1.82) is 0 Å². The molecule has 2 rings (SSSR count). The van der Waals surface area contributed by atoms with Crippen molar-refractivity contribution in [2.24, 2.45) is 5.16 Å². The van der Waals surface area contributed by atoms with Crippen LogP contribution in [0.4, 0.5) is 0 Å². The summed E-state index contributed by atoms with van der Waals surface area (Å²) in [7, 11) is 0. The highest BCUT2D eigenvalue weighted by Crippen LogP contribution is 2.23. The molecule has 19 heavy (non-hydrogen) atoms. The largest absolute Gasteiger partial charge is 0.488 e. The zero-order valence-corrected chi connectivity index (χ0v) is 12.2. The SMILES string of the molecule is ON=Cc1cc(Br)ccc1OCc1ccc(Cl)cc1. The van der Waals surface area contributed by atoms with E-state index in [4.69, 9.17) is 21.5 Å². The summed E-state index contributed by atoms with van der Waals surface area (Å²) in [6.07, 6.45) is 1.34. The molecule has 98 valence electrons. The number of nitrogens with zero attached hydrogens (tertiary/aromatic N) is 1. The van der Waals surface area contributed by atoms with Gasteiger partial charge in [-0.25, -0.2) is 0 Å². The summed E-state index contributed by atoms with van der Waals surface area (Å²) in [6.45, 7) is 0.422. The standard InChI is InChI=1S/C14H11BrClNO2/c15-12-3-6-14(11(7-12)8-17-18)19-9-10-1-4-13(16)5-2-10/h1-8,18H,9H2. The lowest BCUT2D eigenvalue weighted by Crippen LogP contribution is -1.98. The molecule has 0 heterocycles. The Bertz CT molecular complexity index is 584. The number of benzene rings is 2. The number of rotatable bonds is 4. The first-order valence-electron chi connectivity index (χ1n) is 5.53. The molecule has 0 saturated heterocycles. The predicted octanol–water partition coefficient (Wildman–Crippen LogP) is 4.49. The van der Waals surface area contributed by atoms with Gasteiger partial charge in [0.05, 0.1) is 6.21 Å². The highest BCUT2D eigenvalue weighted by molar-refractivity contribution is 9.10. The van der Waals surface area contributed by atoms with Crippen LogP contribution in [0, 0.1) is 0 Å². The summed E-state index contributed by atoms with van der Waals surface area (Å²) in [5.41, 5.74) is 1.71. The van der Waals surface area contributed by atoms with E-state index in [1.807, 2.05) is 42.5 Å². The highest BCUT2D eigenvalue weighted by Gasteiger charge is 2.03. The molecule has 0 bridgehead atoms. The Balaban J connectivity index is 2.12. The van der Waals surface area contributed by atoms with Crippen LogP contribution in [0.3, 0.4) is 0 Å². The molecule has 5 heteroatoms. The minimum absolute atomic E-state index is 0.422. The van der Waals surface area contributed by atoms with Gasteiger partial charge in [-0.1, -0.05) is 44.8 Å². The molecule has 0 unspecified atom stereocenters. The molecule has 0 aromatic heterocycles. The van der Waals surface area contributed by atoms with Crippen molar-refractivity contribution in [1.82, 2.24) is 0 Å². The van der Waals surface area contributed by atoms with E-state index in [0.717, 1.165) is 10.0 Å². The van der Waals surface area contributed by atoms with E-state index in [9.17, 15) is 0 Å². The van der Waals surface area contributed by atoms with Crippen LogP contribution in [0.15, 0.2) is 52.1 Å². The monoisotopic (exact) mass is 339 g/mol. The minimum Gasteiger partial charge on any atom is -0.488 e. The van der Waals surface area contributed by atoms with Gasteiger partial charge in [0.1, 0.15) is 12.4 Å². The Labute approximate surface area is 124 Å². The van der Waals surface area contributed by atoms with E-state index in [0.29, 0.717) is 22.9 Å². The summed E-state index contributed by atoms with van der Waals surface area (Å²) < 4.78 is 6.59. The van der Waals surface area contributed by atoms with E-state index in [1.54, 1.807) is 0 Å². The van der Waals surface area contributed by atoms with E-state index >= 15 is 0 Å². The number of hydrogen-bond acceptors (Lipinski definition) is 3. The lowest BCUT2D eigenvalue weighted by Gasteiger charge is -2.09. The van der Waals surface area contributed by atoms with Gasteiger partial charge in [0.15, 0.2) is 0 Å². The lowest BCUT2D eigenvalue weighted by molar-refractivity contribution is 0.304. The zero-order chi connectivity index (χ0) is 13.7. The van der Waals surface area contributed by atoms with Crippen molar-refractivity contribution >= 4 is 33.7 Å². The van der Waals surface area contributed by atoms with Crippen LogP contribution >= 0.6 is 27.5 Å². The summed E-state index contributed by atoms with van der Waals surface area (Å²) in [6, 6.07) is 12.9. The average Bonchev–Trinajstić information content (AvgIpc) is 2.40. The number of oxime groups is 1. The molecule has 0 aliphatic heterocycles. The van der Waals surface area contributed by atoms with Crippen molar-refractivity contribution in [2.45, 2.75) is 6.61 Å². The molecular weight excluding hydrogens is 330 g/mol. The van der Waals surface area contributed by atoms with Gasteiger partial charge in [0, 0.05) is 15.1 Å². The van der Waals surface area contributed by atoms with Crippen LogP contribution in [-0.2, 0) is 6.61 Å².